The van der Waals surface area contributed by atoms with Crippen LogP contribution < -0.4 is 27.4 Å². The summed E-state index contributed by atoms with van der Waals surface area (Å²) < 4.78 is 0. The quantitative estimate of drug-likeness (QED) is 0.0747. The van der Waals surface area contributed by atoms with E-state index >= 15 is 0 Å². The minimum Gasteiger partial charge on any atom is -0.384 e. The number of carbonyl (C=O) groups excluding carboxylic acids is 5. The molecular formula is C34H52N8O6. The number of aliphatic imine (C=N–C) groups is 1. The second-order valence-electron chi connectivity index (χ2n) is 13.3. The summed E-state index contributed by atoms with van der Waals surface area (Å²) in [6.45, 7) is 7.03. The number of fused-ring (bicyclic) bond motifs is 1. The molecule has 0 aliphatic carbocycles. The molecule has 2 fully saturated rings. The molecule has 1 aromatic carbocycles. The second kappa shape index (κ2) is 17.8. The Morgan fingerprint density at radius 3 is 2.58 bits per heavy atom. The van der Waals surface area contributed by atoms with Crippen molar-refractivity contribution in [2.24, 2.45) is 28.3 Å². The smallest absolute Gasteiger partial charge is 0.333 e. The lowest BCUT2D eigenvalue weighted by atomic mass is 9.90. The number of nitrogens with one attached hydrogen (secondary N) is 3. The number of hydrogen-bond acceptors (Lipinski definition) is 9. The Labute approximate surface area is 282 Å². The zero-order chi connectivity index (χ0) is 34.6. The highest BCUT2D eigenvalue weighted by Gasteiger charge is 2.37. The van der Waals surface area contributed by atoms with Gasteiger partial charge >= 0.3 is 5.97 Å². The van der Waals surface area contributed by atoms with Crippen molar-refractivity contribution in [1.82, 2.24) is 20.6 Å². The lowest BCUT2D eigenvalue weighted by Crippen LogP contribution is -2.57. The van der Waals surface area contributed by atoms with Crippen LogP contribution in [-0.2, 0) is 41.8 Å². The number of amides is 4. The molecule has 4 amide bonds. The molecule has 1 aromatic rings. The van der Waals surface area contributed by atoms with E-state index in [0.29, 0.717) is 81.6 Å². The van der Waals surface area contributed by atoms with Crippen molar-refractivity contribution >= 4 is 41.2 Å². The largest absolute Gasteiger partial charge is 0.384 e. The lowest BCUT2D eigenvalue weighted by Gasteiger charge is -2.39. The molecule has 14 nitrogen and oxygen atoms in total. The fourth-order valence-corrected chi connectivity index (χ4v) is 6.53. The first-order valence-corrected chi connectivity index (χ1v) is 17.3. The summed E-state index contributed by atoms with van der Waals surface area (Å²) in [5.74, 6) is -1.07. The highest BCUT2D eigenvalue weighted by Crippen LogP contribution is 2.29. The second-order valence-corrected chi connectivity index (χ2v) is 13.3. The van der Waals surface area contributed by atoms with Crippen LogP contribution in [0.15, 0.2) is 23.2 Å². The number of likely N-dealkylation sites (tertiary alicyclic amines) is 1. The molecule has 0 saturated carbocycles. The molecule has 0 spiro atoms. The van der Waals surface area contributed by atoms with Crippen LogP contribution in [0.3, 0.4) is 0 Å². The van der Waals surface area contributed by atoms with Gasteiger partial charge in [-0.3, -0.25) is 24.2 Å². The van der Waals surface area contributed by atoms with Gasteiger partial charge in [-0.25, -0.2) is 4.79 Å². The van der Waals surface area contributed by atoms with Gasteiger partial charge in [-0.15, -0.1) is 5.06 Å². The van der Waals surface area contributed by atoms with Gasteiger partial charge in [-0.05, 0) is 67.9 Å². The van der Waals surface area contributed by atoms with Crippen molar-refractivity contribution < 1.29 is 28.8 Å². The number of benzene rings is 1. The maximum atomic E-state index is 14.1. The fourth-order valence-electron chi connectivity index (χ4n) is 6.53. The molecule has 4 rings (SSSR count). The van der Waals surface area contributed by atoms with E-state index in [-0.39, 0.29) is 37.0 Å². The monoisotopic (exact) mass is 668 g/mol. The molecule has 4 unspecified atom stereocenters. The number of piperidine rings is 1. The van der Waals surface area contributed by atoms with Gasteiger partial charge in [-0.2, -0.15) is 0 Å². The van der Waals surface area contributed by atoms with Gasteiger partial charge in [0.2, 0.25) is 11.8 Å². The first-order valence-electron chi connectivity index (χ1n) is 17.3. The van der Waals surface area contributed by atoms with Crippen LogP contribution in [0.25, 0.3) is 0 Å². The summed E-state index contributed by atoms with van der Waals surface area (Å²) in [5.41, 5.74) is 14.6. The van der Waals surface area contributed by atoms with Gasteiger partial charge in [0, 0.05) is 57.7 Å². The number of hydroxylamine groups is 2. The standard InChI is InChI=1S/C34H52N8O6/c1-22-14-17-41(27(19-22)32(46)37-15-5-3-4-11-30(45)48-42-28(43)12-13-29(42)44)33(47)26(10-7-16-38-34(35)36)39-21-25-9-6-8-24-18-23(2)20-40-31(24)25/h6,8-9,22-23,26-27,39-40H,3-5,7,10-21H2,1-2H3,(H,37,46)(H4,35,36,38). The van der Waals surface area contributed by atoms with Crippen molar-refractivity contribution in [3.05, 3.63) is 29.3 Å². The molecule has 264 valence electrons. The van der Waals surface area contributed by atoms with Crippen LogP contribution in [0.2, 0.25) is 0 Å². The van der Waals surface area contributed by atoms with Gasteiger partial charge in [0.25, 0.3) is 11.8 Å². The van der Waals surface area contributed by atoms with Gasteiger partial charge < -0.3 is 37.2 Å². The van der Waals surface area contributed by atoms with Crippen LogP contribution in [0.4, 0.5) is 5.69 Å². The predicted molar refractivity (Wildman–Crippen MR) is 181 cm³/mol. The number of guanidine groups is 1. The molecule has 3 heterocycles. The zero-order valence-electron chi connectivity index (χ0n) is 28.3. The fraction of sp³-hybridized carbons (Fsp3) is 0.647. The SMILES string of the molecule is CC1CNc2c(CNC(CCCN=C(N)N)C(=O)N3CCC(C)CC3C(=O)NCCCCCC(=O)ON3C(=O)CCC3=O)cccc2C1. The predicted octanol–water partition coefficient (Wildman–Crippen LogP) is 1.71. The molecule has 7 N–H and O–H groups in total. The minimum absolute atomic E-state index is 0.0128. The van der Waals surface area contributed by atoms with E-state index in [4.69, 9.17) is 16.3 Å². The van der Waals surface area contributed by atoms with E-state index in [1.165, 1.54) is 5.56 Å². The maximum absolute atomic E-state index is 14.1. The number of hydrogen-bond donors (Lipinski definition) is 5. The summed E-state index contributed by atoms with van der Waals surface area (Å²) in [6.07, 6.45) is 5.43. The number of unbranched alkanes of at least 4 members (excludes halogenated alkanes) is 2. The van der Waals surface area contributed by atoms with E-state index < -0.39 is 29.9 Å². The third kappa shape index (κ3) is 10.4. The molecule has 48 heavy (non-hydrogen) atoms. The third-order valence-corrected chi connectivity index (χ3v) is 9.22. The summed E-state index contributed by atoms with van der Waals surface area (Å²) in [4.78, 5) is 73.6. The van der Waals surface area contributed by atoms with Crippen molar-refractivity contribution in [2.75, 3.05) is 31.5 Å². The van der Waals surface area contributed by atoms with Gasteiger partial charge in [0.05, 0.1) is 6.04 Å². The van der Waals surface area contributed by atoms with Crippen LogP contribution in [0.1, 0.15) is 89.2 Å². The first-order chi connectivity index (χ1) is 23.0. The number of carbonyl (C=O) groups is 5. The van der Waals surface area contributed by atoms with E-state index in [0.717, 1.165) is 30.6 Å². The number of rotatable bonds is 16. The molecule has 3 aliphatic heterocycles. The van der Waals surface area contributed by atoms with Crippen LogP contribution in [-0.4, -0.2) is 83.8 Å². The lowest BCUT2D eigenvalue weighted by molar-refractivity contribution is -0.197. The molecule has 2 saturated heterocycles. The van der Waals surface area contributed by atoms with Gasteiger partial charge in [0.1, 0.15) is 6.04 Å². The van der Waals surface area contributed by atoms with Gasteiger partial charge in [-0.1, -0.05) is 38.5 Å². The highest BCUT2D eigenvalue weighted by molar-refractivity contribution is 6.01. The van der Waals surface area contributed by atoms with Crippen LogP contribution in [0.5, 0.6) is 0 Å². The minimum atomic E-state index is -0.632. The normalized spacial score (nSPS) is 21.2. The molecule has 3 aliphatic rings. The summed E-state index contributed by atoms with van der Waals surface area (Å²) in [7, 11) is 0. The summed E-state index contributed by atoms with van der Waals surface area (Å²) in [5, 5.41) is 10.6. The van der Waals surface area contributed by atoms with E-state index in [1.54, 1.807) is 4.90 Å². The molecule has 0 radical (unpaired) electrons. The Morgan fingerprint density at radius 2 is 1.83 bits per heavy atom. The molecular weight excluding hydrogens is 616 g/mol. The summed E-state index contributed by atoms with van der Waals surface area (Å²) in [6, 6.07) is 5.18. The van der Waals surface area contributed by atoms with E-state index in [9.17, 15) is 24.0 Å². The topological polar surface area (TPSA) is 202 Å². The molecule has 0 bridgehead atoms. The number of imide groups is 1. The average Bonchev–Trinajstić information content (AvgIpc) is 3.37. The first kappa shape index (κ1) is 36.6. The number of nitrogens with two attached hydrogens (primary N) is 2. The Morgan fingerprint density at radius 1 is 1.06 bits per heavy atom. The Bertz CT molecular complexity index is 1330. The van der Waals surface area contributed by atoms with Crippen LogP contribution >= 0.6 is 0 Å². The Balaban J connectivity index is 1.31. The highest BCUT2D eigenvalue weighted by atomic mass is 16.7. The van der Waals surface area contributed by atoms with E-state index in [2.05, 4.69) is 53.0 Å². The number of anilines is 1. The van der Waals surface area contributed by atoms with E-state index in [1.807, 2.05) is 0 Å². The van der Waals surface area contributed by atoms with Crippen molar-refractivity contribution in [1.29, 1.82) is 0 Å². The third-order valence-electron chi connectivity index (χ3n) is 9.22. The zero-order valence-corrected chi connectivity index (χ0v) is 28.3. The van der Waals surface area contributed by atoms with Crippen molar-refractivity contribution in [3.8, 4) is 0 Å². The van der Waals surface area contributed by atoms with Crippen LogP contribution in [0, 0.1) is 11.8 Å². The molecule has 4 atom stereocenters. The Hall–Kier alpha value is -4.20. The number of para-hydroxylation sites is 1. The molecule has 14 heteroatoms. The maximum Gasteiger partial charge on any atom is 0.333 e. The number of nitrogens with zero attached hydrogens (tertiary/aromatic N) is 3. The van der Waals surface area contributed by atoms with Gasteiger partial charge in [0.15, 0.2) is 5.96 Å². The Kier molecular flexibility index (Phi) is 13.6. The summed E-state index contributed by atoms with van der Waals surface area (Å²) >= 11 is 0. The molecule has 0 aromatic heterocycles. The van der Waals surface area contributed by atoms with Crippen molar-refractivity contribution in [2.45, 2.75) is 103 Å². The van der Waals surface area contributed by atoms with Crippen molar-refractivity contribution in [3.63, 3.8) is 0 Å². The average molecular weight is 669 g/mol.